The number of benzene rings is 1. The molecule has 7 heteroatoms. The smallest absolute Gasteiger partial charge is 0.311 e. The summed E-state index contributed by atoms with van der Waals surface area (Å²) in [5, 5.41) is 9.69. The third kappa shape index (κ3) is 2.94. The average Bonchev–Trinajstić information content (AvgIpc) is 2.81. The first kappa shape index (κ1) is 15.9. The SMILES string of the molecule is COc1c(Cl)cc(C(=O)N2CCC(C)(C(=O)O)C2)cc1Cl. The second-order valence-corrected chi connectivity index (χ2v) is 6.13. The molecule has 0 aromatic heterocycles. The number of halogens is 2. The number of likely N-dealkylation sites (tertiary alicyclic amines) is 1. The van der Waals surface area contributed by atoms with E-state index < -0.39 is 11.4 Å². The zero-order chi connectivity index (χ0) is 15.8. The summed E-state index contributed by atoms with van der Waals surface area (Å²) in [5.41, 5.74) is -0.587. The molecule has 1 atom stereocenters. The highest BCUT2D eigenvalue weighted by Crippen LogP contribution is 2.36. The minimum Gasteiger partial charge on any atom is -0.494 e. The van der Waals surface area contributed by atoms with Gasteiger partial charge >= 0.3 is 5.97 Å². The van der Waals surface area contributed by atoms with Crippen molar-refractivity contribution in [3.63, 3.8) is 0 Å². The molecule has 114 valence electrons. The van der Waals surface area contributed by atoms with Gasteiger partial charge in [-0.1, -0.05) is 23.2 Å². The Bertz CT molecular complexity index is 582. The Hall–Kier alpha value is -1.46. The molecule has 0 saturated carbocycles. The van der Waals surface area contributed by atoms with E-state index in [1.807, 2.05) is 0 Å². The Morgan fingerprint density at radius 1 is 1.33 bits per heavy atom. The number of rotatable bonds is 3. The molecule has 1 amide bonds. The van der Waals surface area contributed by atoms with Crippen molar-refractivity contribution in [3.05, 3.63) is 27.7 Å². The highest BCUT2D eigenvalue weighted by molar-refractivity contribution is 6.37. The fourth-order valence-electron chi connectivity index (χ4n) is 2.37. The average molecular weight is 332 g/mol. The molecule has 1 N–H and O–H groups in total. The second-order valence-electron chi connectivity index (χ2n) is 5.32. The van der Waals surface area contributed by atoms with Gasteiger partial charge in [0, 0.05) is 18.7 Å². The molecule has 0 radical (unpaired) electrons. The summed E-state index contributed by atoms with van der Waals surface area (Å²) >= 11 is 12.0. The summed E-state index contributed by atoms with van der Waals surface area (Å²) < 4.78 is 5.03. The van der Waals surface area contributed by atoms with E-state index in [4.69, 9.17) is 27.9 Å². The van der Waals surface area contributed by atoms with Gasteiger partial charge in [-0.25, -0.2) is 0 Å². The van der Waals surface area contributed by atoms with Gasteiger partial charge in [-0.15, -0.1) is 0 Å². The van der Waals surface area contributed by atoms with Crippen LogP contribution in [0, 0.1) is 5.41 Å². The number of carbonyl (C=O) groups is 2. The van der Waals surface area contributed by atoms with Crippen molar-refractivity contribution < 1.29 is 19.4 Å². The number of carboxylic acid groups (broad SMARTS) is 1. The quantitative estimate of drug-likeness (QED) is 0.924. The van der Waals surface area contributed by atoms with Crippen LogP contribution in [0.15, 0.2) is 12.1 Å². The van der Waals surface area contributed by atoms with Gasteiger partial charge in [0.2, 0.25) is 0 Å². The van der Waals surface area contributed by atoms with E-state index in [-0.39, 0.29) is 22.5 Å². The number of hydrogen-bond donors (Lipinski definition) is 1. The predicted molar refractivity (Wildman–Crippen MR) is 79.3 cm³/mol. The van der Waals surface area contributed by atoms with Gasteiger partial charge < -0.3 is 14.7 Å². The van der Waals surface area contributed by atoms with Crippen LogP contribution in [-0.2, 0) is 4.79 Å². The number of hydrogen-bond acceptors (Lipinski definition) is 3. The summed E-state index contributed by atoms with van der Waals surface area (Å²) in [6.45, 7) is 2.20. The lowest BCUT2D eigenvalue weighted by atomic mass is 9.90. The van der Waals surface area contributed by atoms with E-state index >= 15 is 0 Å². The van der Waals surface area contributed by atoms with Crippen LogP contribution in [0.25, 0.3) is 0 Å². The molecule has 1 aliphatic rings. The fraction of sp³-hybridized carbons (Fsp3) is 0.429. The molecule has 0 aliphatic carbocycles. The minimum atomic E-state index is -0.907. The molecule has 0 spiro atoms. The van der Waals surface area contributed by atoms with Crippen molar-refractivity contribution in [2.45, 2.75) is 13.3 Å². The third-order valence-corrected chi connectivity index (χ3v) is 4.29. The summed E-state index contributed by atoms with van der Waals surface area (Å²) in [5.74, 6) is -0.873. The van der Waals surface area contributed by atoms with Gasteiger partial charge in [0.25, 0.3) is 5.91 Å². The third-order valence-electron chi connectivity index (χ3n) is 3.73. The maximum absolute atomic E-state index is 12.4. The molecule has 1 fully saturated rings. The number of amides is 1. The van der Waals surface area contributed by atoms with Crippen molar-refractivity contribution in [1.29, 1.82) is 0 Å². The number of nitrogens with zero attached hydrogens (tertiary/aromatic N) is 1. The lowest BCUT2D eigenvalue weighted by Gasteiger charge is -2.20. The first-order valence-electron chi connectivity index (χ1n) is 6.34. The van der Waals surface area contributed by atoms with Gasteiger partial charge in [-0.2, -0.15) is 0 Å². The standard InChI is InChI=1S/C14H15Cl2NO4/c1-14(13(19)20)3-4-17(7-14)12(18)8-5-9(15)11(21-2)10(16)6-8/h5-6H,3-4,7H2,1-2H3,(H,19,20). The van der Waals surface area contributed by atoms with E-state index in [9.17, 15) is 14.7 Å². The minimum absolute atomic E-state index is 0.169. The summed E-state index contributed by atoms with van der Waals surface area (Å²) in [7, 11) is 1.44. The van der Waals surface area contributed by atoms with Crippen LogP contribution in [-0.4, -0.2) is 42.1 Å². The van der Waals surface area contributed by atoms with Crippen LogP contribution >= 0.6 is 23.2 Å². The number of carbonyl (C=O) groups excluding carboxylic acids is 1. The Morgan fingerprint density at radius 3 is 2.33 bits per heavy atom. The van der Waals surface area contributed by atoms with E-state index in [1.54, 1.807) is 6.92 Å². The molecule has 1 unspecified atom stereocenters. The number of carboxylic acids is 1. The molecule has 2 rings (SSSR count). The molecular formula is C14H15Cl2NO4. The van der Waals surface area contributed by atoms with Crippen molar-refractivity contribution in [1.82, 2.24) is 4.90 Å². The molecule has 0 bridgehead atoms. The van der Waals surface area contributed by atoms with Crippen LogP contribution in [0.5, 0.6) is 5.75 Å². The molecule has 1 aliphatic heterocycles. The van der Waals surface area contributed by atoms with Gasteiger partial charge in [-0.05, 0) is 25.5 Å². The fourth-order valence-corrected chi connectivity index (χ4v) is 3.01. The zero-order valence-corrected chi connectivity index (χ0v) is 13.2. The molecule has 1 aromatic carbocycles. The summed E-state index contributed by atoms with van der Waals surface area (Å²) in [6, 6.07) is 2.95. The highest BCUT2D eigenvalue weighted by Gasteiger charge is 2.42. The van der Waals surface area contributed by atoms with E-state index in [0.717, 1.165) is 0 Å². The Labute approximate surface area is 132 Å². The first-order valence-corrected chi connectivity index (χ1v) is 7.10. The number of methoxy groups -OCH3 is 1. The van der Waals surface area contributed by atoms with Crippen LogP contribution in [0.3, 0.4) is 0 Å². The second kappa shape index (κ2) is 5.73. The van der Waals surface area contributed by atoms with Crippen LogP contribution in [0.2, 0.25) is 10.0 Å². The Morgan fingerprint density at radius 2 is 1.90 bits per heavy atom. The maximum Gasteiger partial charge on any atom is 0.311 e. The van der Waals surface area contributed by atoms with Gasteiger partial charge in [0.1, 0.15) is 0 Å². The van der Waals surface area contributed by atoms with Crippen molar-refractivity contribution in [2.24, 2.45) is 5.41 Å². The predicted octanol–water partition coefficient (Wildman–Crippen LogP) is 2.94. The van der Waals surface area contributed by atoms with Crippen LogP contribution in [0.1, 0.15) is 23.7 Å². The molecular weight excluding hydrogens is 317 g/mol. The van der Waals surface area contributed by atoms with Crippen molar-refractivity contribution in [3.8, 4) is 5.75 Å². The van der Waals surface area contributed by atoms with E-state index in [2.05, 4.69) is 0 Å². The lowest BCUT2D eigenvalue weighted by molar-refractivity contribution is -0.147. The van der Waals surface area contributed by atoms with Gasteiger partial charge in [-0.3, -0.25) is 9.59 Å². The number of ether oxygens (including phenoxy) is 1. The summed E-state index contributed by atoms with van der Waals surface area (Å²) in [4.78, 5) is 25.2. The molecule has 1 heterocycles. The van der Waals surface area contributed by atoms with Crippen molar-refractivity contribution in [2.75, 3.05) is 20.2 Å². The number of aliphatic carboxylic acids is 1. The van der Waals surface area contributed by atoms with Gasteiger partial charge in [0.05, 0.1) is 22.6 Å². The van der Waals surface area contributed by atoms with Crippen molar-refractivity contribution >= 4 is 35.1 Å². The normalized spacial score (nSPS) is 21.4. The van der Waals surface area contributed by atoms with Gasteiger partial charge in [0.15, 0.2) is 5.75 Å². The Kier molecular flexibility index (Phi) is 4.35. The first-order chi connectivity index (χ1) is 9.78. The highest BCUT2D eigenvalue weighted by atomic mass is 35.5. The largest absolute Gasteiger partial charge is 0.494 e. The zero-order valence-electron chi connectivity index (χ0n) is 11.7. The topological polar surface area (TPSA) is 66.8 Å². The molecule has 5 nitrogen and oxygen atoms in total. The molecule has 21 heavy (non-hydrogen) atoms. The lowest BCUT2D eigenvalue weighted by Crippen LogP contribution is -2.34. The molecule has 1 saturated heterocycles. The van der Waals surface area contributed by atoms with E-state index in [0.29, 0.717) is 24.3 Å². The molecule has 1 aromatic rings. The van der Waals surface area contributed by atoms with E-state index in [1.165, 1.54) is 24.1 Å². The Balaban J connectivity index is 2.24. The summed E-state index contributed by atoms with van der Waals surface area (Å²) in [6.07, 6.45) is 0.422. The maximum atomic E-state index is 12.4. The van der Waals surface area contributed by atoms with Crippen LogP contribution in [0.4, 0.5) is 0 Å². The monoisotopic (exact) mass is 331 g/mol. The van der Waals surface area contributed by atoms with Crippen LogP contribution < -0.4 is 4.74 Å².